The van der Waals surface area contributed by atoms with Crippen molar-refractivity contribution < 1.29 is 17.6 Å². The van der Waals surface area contributed by atoms with Crippen LogP contribution in [0.3, 0.4) is 0 Å². The highest BCUT2D eigenvalue weighted by Gasteiger charge is 2.45. The SMILES string of the molecule is Cc1ccc(F)c(NC2CCCCC2C(F)(F)F)c1. The second kappa shape index (κ2) is 5.39. The minimum atomic E-state index is -4.22. The van der Waals surface area contributed by atoms with E-state index in [1.165, 1.54) is 6.07 Å². The number of halogens is 4. The largest absolute Gasteiger partial charge is 0.393 e. The summed E-state index contributed by atoms with van der Waals surface area (Å²) in [6.07, 6.45) is -2.35. The fraction of sp³-hybridized carbons (Fsp3) is 0.571. The molecule has 0 heterocycles. The first-order chi connectivity index (χ1) is 8.88. The second-order valence-corrected chi connectivity index (χ2v) is 5.17. The Morgan fingerprint density at radius 2 is 1.84 bits per heavy atom. The Morgan fingerprint density at radius 1 is 1.16 bits per heavy atom. The van der Waals surface area contributed by atoms with E-state index in [-0.39, 0.29) is 12.1 Å². The summed E-state index contributed by atoms with van der Waals surface area (Å²) < 4.78 is 52.4. The Balaban J connectivity index is 2.17. The molecule has 1 saturated carbocycles. The third-order valence-electron chi connectivity index (χ3n) is 3.65. The third-order valence-corrected chi connectivity index (χ3v) is 3.65. The van der Waals surface area contributed by atoms with Crippen molar-refractivity contribution in [3.8, 4) is 0 Å². The van der Waals surface area contributed by atoms with Crippen LogP contribution in [0.4, 0.5) is 23.2 Å². The van der Waals surface area contributed by atoms with Gasteiger partial charge in [0, 0.05) is 6.04 Å². The highest BCUT2D eigenvalue weighted by Crippen LogP contribution is 2.39. The van der Waals surface area contributed by atoms with E-state index >= 15 is 0 Å². The van der Waals surface area contributed by atoms with Gasteiger partial charge in [0.1, 0.15) is 5.82 Å². The number of anilines is 1. The van der Waals surface area contributed by atoms with Crippen LogP contribution in [-0.4, -0.2) is 12.2 Å². The average Bonchev–Trinajstić information content (AvgIpc) is 2.33. The van der Waals surface area contributed by atoms with Crippen molar-refractivity contribution in [1.29, 1.82) is 0 Å². The summed E-state index contributed by atoms with van der Waals surface area (Å²) in [6.45, 7) is 1.78. The van der Waals surface area contributed by atoms with Gasteiger partial charge in [-0.05, 0) is 37.5 Å². The topological polar surface area (TPSA) is 12.0 Å². The standard InChI is InChI=1S/C14H17F4N/c1-9-6-7-11(15)13(8-9)19-12-5-3-2-4-10(12)14(16,17)18/h6-8,10,12,19H,2-5H2,1H3. The number of aryl methyl sites for hydroxylation is 1. The van der Waals surface area contributed by atoms with Crippen LogP contribution in [-0.2, 0) is 0 Å². The summed E-state index contributed by atoms with van der Waals surface area (Å²) in [5, 5.41) is 2.75. The van der Waals surface area contributed by atoms with E-state index in [1.54, 1.807) is 19.1 Å². The Kier molecular flexibility index (Phi) is 4.02. The Hall–Kier alpha value is -1.26. The minimum Gasteiger partial charge on any atom is -0.379 e. The summed E-state index contributed by atoms with van der Waals surface area (Å²) in [4.78, 5) is 0. The highest BCUT2D eigenvalue weighted by molar-refractivity contribution is 5.48. The zero-order chi connectivity index (χ0) is 14.0. The van der Waals surface area contributed by atoms with Gasteiger partial charge in [-0.3, -0.25) is 0 Å². The van der Waals surface area contributed by atoms with Crippen molar-refractivity contribution in [2.24, 2.45) is 5.92 Å². The van der Waals surface area contributed by atoms with Crippen LogP contribution in [0.25, 0.3) is 0 Å². The van der Waals surface area contributed by atoms with Crippen LogP contribution in [0.2, 0.25) is 0 Å². The van der Waals surface area contributed by atoms with Crippen molar-refractivity contribution in [3.05, 3.63) is 29.6 Å². The number of benzene rings is 1. The zero-order valence-electron chi connectivity index (χ0n) is 10.7. The molecular formula is C14H17F4N. The predicted octanol–water partition coefficient (Wildman–Crippen LogP) is 4.67. The van der Waals surface area contributed by atoms with E-state index < -0.39 is 24.0 Å². The second-order valence-electron chi connectivity index (χ2n) is 5.17. The lowest BCUT2D eigenvalue weighted by Gasteiger charge is -2.34. The van der Waals surface area contributed by atoms with Crippen molar-refractivity contribution in [2.75, 3.05) is 5.32 Å². The lowest BCUT2D eigenvalue weighted by Crippen LogP contribution is -2.41. The molecule has 19 heavy (non-hydrogen) atoms. The number of hydrogen-bond acceptors (Lipinski definition) is 1. The molecule has 1 N–H and O–H groups in total. The molecule has 0 aromatic heterocycles. The fourth-order valence-corrected chi connectivity index (χ4v) is 2.64. The lowest BCUT2D eigenvalue weighted by molar-refractivity contribution is -0.184. The van der Waals surface area contributed by atoms with Crippen LogP contribution in [0.15, 0.2) is 18.2 Å². The molecule has 2 unspecified atom stereocenters. The molecule has 0 amide bonds. The van der Waals surface area contributed by atoms with Crippen LogP contribution >= 0.6 is 0 Å². The number of rotatable bonds is 2. The molecule has 1 aliphatic rings. The Labute approximate surface area is 110 Å². The van der Waals surface area contributed by atoms with Gasteiger partial charge in [-0.25, -0.2) is 4.39 Å². The van der Waals surface area contributed by atoms with Gasteiger partial charge in [0.15, 0.2) is 0 Å². The van der Waals surface area contributed by atoms with Gasteiger partial charge in [-0.1, -0.05) is 18.9 Å². The molecule has 0 bridgehead atoms. The monoisotopic (exact) mass is 275 g/mol. The first-order valence-electron chi connectivity index (χ1n) is 6.47. The molecule has 2 atom stereocenters. The van der Waals surface area contributed by atoms with Crippen molar-refractivity contribution in [1.82, 2.24) is 0 Å². The molecule has 106 valence electrons. The van der Waals surface area contributed by atoms with Gasteiger partial charge in [-0.2, -0.15) is 13.2 Å². The smallest absolute Gasteiger partial charge is 0.379 e. The Bertz CT molecular complexity index is 442. The van der Waals surface area contributed by atoms with Gasteiger partial charge >= 0.3 is 6.18 Å². The predicted molar refractivity (Wildman–Crippen MR) is 66.6 cm³/mol. The lowest BCUT2D eigenvalue weighted by atomic mass is 9.84. The van der Waals surface area contributed by atoms with Gasteiger partial charge < -0.3 is 5.32 Å². The van der Waals surface area contributed by atoms with Crippen LogP contribution in [0.5, 0.6) is 0 Å². The molecule has 1 aliphatic carbocycles. The van der Waals surface area contributed by atoms with E-state index in [0.717, 1.165) is 12.0 Å². The number of hydrogen-bond donors (Lipinski definition) is 1. The normalized spacial score (nSPS) is 24.3. The van der Waals surface area contributed by atoms with Gasteiger partial charge in [0.25, 0.3) is 0 Å². The van der Waals surface area contributed by atoms with Gasteiger partial charge in [-0.15, -0.1) is 0 Å². The third kappa shape index (κ3) is 3.39. The number of alkyl halides is 3. The van der Waals surface area contributed by atoms with Gasteiger partial charge in [0.2, 0.25) is 0 Å². The number of nitrogens with one attached hydrogen (secondary N) is 1. The minimum absolute atomic E-state index is 0.120. The van der Waals surface area contributed by atoms with E-state index in [4.69, 9.17) is 0 Å². The van der Waals surface area contributed by atoms with E-state index in [9.17, 15) is 17.6 Å². The molecule has 1 aromatic carbocycles. The molecule has 5 heteroatoms. The molecule has 0 aliphatic heterocycles. The average molecular weight is 275 g/mol. The molecular weight excluding hydrogens is 258 g/mol. The molecule has 0 saturated heterocycles. The van der Waals surface area contributed by atoms with Crippen LogP contribution in [0.1, 0.15) is 31.2 Å². The van der Waals surface area contributed by atoms with Crippen molar-refractivity contribution >= 4 is 5.69 Å². The van der Waals surface area contributed by atoms with Crippen LogP contribution in [0, 0.1) is 18.7 Å². The first-order valence-corrected chi connectivity index (χ1v) is 6.47. The highest BCUT2D eigenvalue weighted by atomic mass is 19.4. The summed E-state index contributed by atoms with van der Waals surface area (Å²) in [5.41, 5.74) is 0.990. The van der Waals surface area contributed by atoms with Crippen molar-refractivity contribution in [3.63, 3.8) is 0 Å². The quantitative estimate of drug-likeness (QED) is 0.773. The zero-order valence-corrected chi connectivity index (χ0v) is 10.7. The molecule has 0 spiro atoms. The first kappa shape index (κ1) is 14.2. The maximum absolute atomic E-state index is 13.6. The molecule has 1 nitrogen and oxygen atoms in total. The Morgan fingerprint density at radius 3 is 2.53 bits per heavy atom. The summed E-state index contributed by atoms with van der Waals surface area (Å²) in [6, 6.07) is 3.70. The molecule has 0 radical (unpaired) electrons. The summed E-state index contributed by atoms with van der Waals surface area (Å²) in [5.74, 6) is -1.89. The molecule has 1 fully saturated rings. The van der Waals surface area contributed by atoms with E-state index in [0.29, 0.717) is 12.8 Å². The van der Waals surface area contributed by atoms with Crippen LogP contribution < -0.4 is 5.32 Å². The molecule has 2 rings (SSSR count). The van der Waals surface area contributed by atoms with E-state index in [2.05, 4.69) is 5.32 Å². The summed E-state index contributed by atoms with van der Waals surface area (Å²) >= 11 is 0. The van der Waals surface area contributed by atoms with Gasteiger partial charge in [0.05, 0.1) is 11.6 Å². The summed E-state index contributed by atoms with van der Waals surface area (Å²) in [7, 11) is 0. The molecule has 1 aromatic rings. The van der Waals surface area contributed by atoms with Crippen molar-refractivity contribution in [2.45, 2.75) is 44.8 Å². The fourth-order valence-electron chi connectivity index (χ4n) is 2.64. The maximum atomic E-state index is 13.6. The maximum Gasteiger partial charge on any atom is 0.393 e. The van der Waals surface area contributed by atoms with E-state index in [1.807, 2.05) is 0 Å².